The monoisotopic (exact) mass is 277 g/mol. The third-order valence-electron chi connectivity index (χ3n) is 2.88. The van der Waals surface area contributed by atoms with Gasteiger partial charge in [-0.2, -0.15) is 0 Å². The molecule has 17 heavy (non-hydrogen) atoms. The van der Waals surface area contributed by atoms with E-state index in [0.29, 0.717) is 11.0 Å². The van der Waals surface area contributed by atoms with Gasteiger partial charge in [0.1, 0.15) is 0 Å². The molecule has 1 atom stereocenters. The maximum Gasteiger partial charge on any atom is 0.180 e. The van der Waals surface area contributed by atoms with Crippen LogP contribution in [-0.4, -0.2) is 36.2 Å². The number of hydrogen-bond acceptors (Lipinski definition) is 5. The zero-order valence-corrected chi connectivity index (χ0v) is 11.7. The molecule has 1 aromatic heterocycles. The lowest BCUT2D eigenvalue weighted by molar-refractivity contribution is 0.112. The third kappa shape index (κ3) is 4.43. The Morgan fingerprint density at radius 3 is 3.12 bits per heavy atom. The van der Waals surface area contributed by atoms with E-state index in [1.807, 2.05) is 13.1 Å². The van der Waals surface area contributed by atoms with Crippen LogP contribution in [0.4, 0.5) is 5.13 Å². The lowest BCUT2D eigenvalue weighted by Crippen LogP contribution is -2.21. The number of hydrogen-bond donors (Lipinski definition) is 1. The molecule has 1 aliphatic heterocycles. The van der Waals surface area contributed by atoms with Crippen LogP contribution in [0.15, 0.2) is 6.20 Å². The van der Waals surface area contributed by atoms with Crippen molar-refractivity contribution in [2.75, 3.05) is 32.0 Å². The van der Waals surface area contributed by atoms with Crippen LogP contribution < -0.4 is 5.73 Å². The number of anilines is 1. The van der Waals surface area contributed by atoms with E-state index < -0.39 is 0 Å². The molecule has 0 bridgehead atoms. The highest BCUT2D eigenvalue weighted by molar-refractivity contribution is 7.15. The molecule has 2 N–H and O–H groups in total. The Hall–Kier alpha value is -0.360. The van der Waals surface area contributed by atoms with Gasteiger partial charge < -0.3 is 10.5 Å². The second-order valence-corrected chi connectivity index (χ2v) is 5.36. The fourth-order valence-electron chi connectivity index (χ4n) is 2.09. The Morgan fingerprint density at radius 1 is 1.65 bits per heavy atom. The van der Waals surface area contributed by atoms with Gasteiger partial charge in [-0.3, -0.25) is 4.90 Å². The second-order valence-electron chi connectivity index (χ2n) is 4.21. The summed E-state index contributed by atoms with van der Waals surface area (Å²) in [7, 11) is 0. The number of nitrogens with zero attached hydrogens (tertiary/aromatic N) is 2. The Kier molecular flexibility index (Phi) is 6.19. The summed E-state index contributed by atoms with van der Waals surface area (Å²) in [5.74, 6) is 0.699. The average Bonchev–Trinajstić information content (AvgIpc) is 2.86. The maximum absolute atomic E-state index is 5.61. The van der Waals surface area contributed by atoms with Crippen molar-refractivity contribution in [3.8, 4) is 0 Å². The Morgan fingerprint density at radius 2 is 2.47 bits per heavy atom. The first kappa shape index (κ1) is 14.7. The van der Waals surface area contributed by atoms with Crippen molar-refractivity contribution in [2.24, 2.45) is 5.92 Å². The van der Waals surface area contributed by atoms with E-state index in [-0.39, 0.29) is 12.4 Å². The predicted octanol–water partition coefficient (Wildman–Crippen LogP) is 2.01. The van der Waals surface area contributed by atoms with Gasteiger partial charge in [-0.05, 0) is 25.8 Å². The minimum Gasteiger partial charge on any atom is -0.381 e. The van der Waals surface area contributed by atoms with Gasteiger partial charge in [0.05, 0.1) is 6.61 Å². The summed E-state index contributed by atoms with van der Waals surface area (Å²) in [6, 6.07) is 0. The van der Waals surface area contributed by atoms with Crippen LogP contribution in [0.5, 0.6) is 0 Å². The molecule has 0 saturated carbocycles. The van der Waals surface area contributed by atoms with Gasteiger partial charge in [0.15, 0.2) is 5.13 Å². The number of nitrogens with two attached hydrogens (primary N) is 1. The molecule has 1 aliphatic rings. The molecule has 1 unspecified atom stereocenters. The van der Waals surface area contributed by atoms with Crippen molar-refractivity contribution >= 4 is 28.9 Å². The predicted molar refractivity (Wildman–Crippen MR) is 73.7 cm³/mol. The van der Waals surface area contributed by atoms with Gasteiger partial charge in [-0.25, -0.2) is 4.98 Å². The number of nitrogen functional groups attached to an aromatic ring is 1. The summed E-state index contributed by atoms with van der Waals surface area (Å²) in [5.41, 5.74) is 5.61. The van der Waals surface area contributed by atoms with Crippen LogP contribution in [0.25, 0.3) is 0 Å². The van der Waals surface area contributed by atoms with Gasteiger partial charge in [-0.1, -0.05) is 0 Å². The molecule has 0 radical (unpaired) electrons. The quantitative estimate of drug-likeness (QED) is 0.894. The number of likely N-dealkylation sites (tertiary alicyclic amines) is 1. The molecule has 6 heteroatoms. The minimum atomic E-state index is 0. The molecule has 98 valence electrons. The van der Waals surface area contributed by atoms with Crippen molar-refractivity contribution in [1.29, 1.82) is 0 Å². The highest BCUT2D eigenvalue weighted by Crippen LogP contribution is 2.22. The highest BCUT2D eigenvalue weighted by atomic mass is 35.5. The Balaban J connectivity index is 0.00000144. The van der Waals surface area contributed by atoms with Crippen LogP contribution in [0.3, 0.4) is 0 Å². The van der Waals surface area contributed by atoms with E-state index in [4.69, 9.17) is 10.5 Å². The zero-order chi connectivity index (χ0) is 11.4. The summed E-state index contributed by atoms with van der Waals surface area (Å²) in [4.78, 5) is 7.79. The molecule has 1 aromatic rings. The molecule has 2 heterocycles. The first-order valence-corrected chi connectivity index (χ1v) is 6.60. The largest absolute Gasteiger partial charge is 0.381 e. The van der Waals surface area contributed by atoms with Crippen LogP contribution in [0.1, 0.15) is 18.2 Å². The normalized spacial score (nSPS) is 20.4. The SMILES string of the molecule is CCOCC1CCN(Cc2cnc(N)s2)C1.Cl. The van der Waals surface area contributed by atoms with Gasteiger partial charge in [0.25, 0.3) is 0 Å². The fraction of sp³-hybridized carbons (Fsp3) is 0.727. The summed E-state index contributed by atoms with van der Waals surface area (Å²) < 4.78 is 5.46. The van der Waals surface area contributed by atoms with Crippen molar-refractivity contribution < 1.29 is 4.74 Å². The zero-order valence-electron chi connectivity index (χ0n) is 10.1. The fourth-order valence-corrected chi connectivity index (χ4v) is 2.82. The average molecular weight is 278 g/mol. The highest BCUT2D eigenvalue weighted by Gasteiger charge is 2.22. The van der Waals surface area contributed by atoms with Crippen molar-refractivity contribution in [3.63, 3.8) is 0 Å². The van der Waals surface area contributed by atoms with E-state index in [2.05, 4.69) is 9.88 Å². The molecule has 0 aliphatic carbocycles. The van der Waals surface area contributed by atoms with Crippen LogP contribution in [0.2, 0.25) is 0 Å². The molecule has 1 fully saturated rings. The van der Waals surface area contributed by atoms with Gasteiger partial charge in [0.2, 0.25) is 0 Å². The van der Waals surface area contributed by atoms with Crippen LogP contribution >= 0.6 is 23.7 Å². The Bertz CT molecular complexity index is 334. The van der Waals surface area contributed by atoms with Gasteiger partial charge in [-0.15, -0.1) is 23.7 Å². The summed E-state index contributed by atoms with van der Waals surface area (Å²) >= 11 is 1.59. The van der Waals surface area contributed by atoms with Crippen molar-refractivity contribution in [1.82, 2.24) is 9.88 Å². The number of rotatable bonds is 5. The number of halogens is 1. The lowest BCUT2D eigenvalue weighted by atomic mass is 10.1. The molecule has 0 spiro atoms. The molecular weight excluding hydrogens is 258 g/mol. The topological polar surface area (TPSA) is 51.4 Å². The van der Waals surface area contributed by atoms with Gasteiger partial charge in [0, 0.05) is 30.8 Å². The van der Waals surface area contributed by atoms with Crippen LogP contribution in [0, 0.1) is 5.92 Å². The molecule has 4 nitrogen and oxygen atoms in total. The van der Waals surface area contributed by atoms with Crippen LogP contribution in [-0.2, 0) is 11.3 Å². The van der Waals surface area contributed by atoms with Crippen molar-refractivity contribution in [2.45, 2.75) is 19.9 Å². The molecule has 2 rings (SSSR count). The van der Waals surface area contributed by atoms with E-state index in [9.17, 15) is 0 Å². The second kappa shape index (κ2) is 7.16. The lowest BCUT2D eigenvalue weighted by Gasteiger charge is -2.14. The number of aromatic nitrogens is 1. The molecule has 0 amide bonds. The maximum atomic E-state index is 5.61. The minimum absolute atomic E-state index is 0. The summed E-state index contributed by atoms with van der Waals surface area (Å²) in [6.45, 7) is 7.05. The Labute approximate surface area is 113 Å². The van der Waals surface area contributed by atoms with Gasteiger partial charge >= 0.3 is 0 Å². The van der Waals surface area contributed by atoms with E-state index in [0.717, 1.165) is 32.8 Å². The van der Waals surface area contributed by atoms with E-state index in [1.54, 1.807) is 11.3 Å². The standard InChI is InChI=1S/C11H19N3OS.ClH/c1-2-15-8-9-3-4-14(6-9)7-10-5-13-11(12)16-10;/h5,9H,2-4,6-8H2,1H3,(H2,12,13);1H. The van der Waals surface area contributed by atoms with E-state index >= 15 is 0 Å². The summed E-state index contributed by atoms with van der Waals surface area (Å²) in [6.07, 6.45) is 3.13. The molecular formula is C11H20ClN3OS. The number of ether oxygens (including phenoxy) is 1. The van der Waals surface area contributed by atoms with Crippen molar-refractivity contribution in [3.05, 3.63) is 11.1 Å². The first-order chi connectivity index (χ1) is 7.78. The number of thiazole rings is 1. The smallest absolute Gasteiger partial charge is 0.180 e. The van der Waals surface area contributed by atoms with E-state index in [1.165, 1.54) is 11.3 Å². The third-order valence-corrected chi connectivity index (χ3v) is 3.69. The molecule has 1 saturated heterocycles. The summed E-state index contributed by atoms with van der Waals surface area (Å²) in [5, 5.41) is 0.667. The molecule has 0 aromatic carbocycles. The first-order valence-electron chi connectivity index (χ1n) is 5.78.